The van der Waals surface area contributed by atoms with Gasteiger partial charge in [0.2, 0.25) is 41.4 Å². The average molecular weight is 844 g/mol. The number of thioether (sulfide) groups is 1. The van der Waals surface area contributed by atoms with Gasteiger partial charge in [-0.25, -0.2) is 0 Å². The lowest BCUT2D eigenvalue weighted by Crippen LogP contribution is -2.59. The van der Waals surface area contributed by atoms with Crippen molar-refractivity contribution in [3.63, 3.8) is 0 Å². The van der Waals surface area contributed by atoms with Crippen LogP contribution in [-0.2, 0) is 51.2 Å². The molecule has 60 heavy (non-hydrogen) atoms. The Morgan fingerprint density at radius 3 is 2.10 bits per heavy atom. The van der Waals surface area contributed by atoms with E-state index in [1.165, 1.54) is 28.9 Å². The largest absolute Gasteiger partial charge is 0.370 e. The summed E-state index contributed by atoms with van der Waals surface area (Å²) in [4.78, 5) is 114. The van der Waals surface area contributed by atoms with Crippen molar-refractivity contribution in [1.82, 2.24) is 41.8 Å². The fourth-order valence-corrected chi connectivity index (χ4v) is 7.58. The summed E-state index contributed by atoms with van der Waals surface area (Å²) >= 11 is 1.44. The van der Waals surface area contributed by atoms with Gasteiger partial charge in [0.05, 0.1) is 6.54 Å². The van der Waals surface area contributed by atoms with E-state index in [4.69, 9.17) is 5.73 Å². The normalized spacial score (nSPS) is 23.6. The molecule has 2 aromatic carbocycles. The molecule has 320 valence electrons. The molecule has 0 unspecified atom stereocenters. The minimum Gasteiger partial charge on any atom is -0.370 e. The van der Waals surface area contributed by atoms with Crippen molar-refractivity contribution in [3.8, 4) is 0 Å². The van der Waals surface area contributed by atoms with Crippen LogP contribution in [0.4, 0.5) is 0 Å². The number of aromatic nitrogens is 1. The van der Waals surface area contributed by atoms with Crippen LogP contribution in [0.2, 0.25) is 0 Å². The van der Waals surface area contributed by atoms with Gasteiger partial charge in [-0.15, -0.1) is 0 Å². The maximum absolute atomic E-state index is 14.4. The molecular weight excluding hydrogens is 791 g/mol. The molecule has 6 atom stereocenters. The molecule has 9 N–H and O–H groups in total. The molecule has 3 aromatic rings. The van der Waals surface area contributed by atoms with Crippen molar-refractivity contribution >= 4 is 69.9 Å². The molecule has 1 aromatic heterocycles. The molecular formula is C42H53N9O8S. The number of aromatic amines is 1. The van der Waals surface area contributed by atoms with Gasteiger partial charge < -0.3 is 47.5 Å². The van der Waals surface area contributed by atoms with E-state index in [0.29, 0.717) is 16.9 Å². The maximum atomic E-state index is 14.4. The number of amides is 8. The van der Waals surface area contributed by atoms with Crippen LogP contribution >= 0.6 is 11.8 Å². The number of H-pyrrole nitrogens is 1. The summed E-state index contributed by atoms with van der Waals surface area (Å²) in [7, 11) is 0. The number of nitrogens with one attached hydrogen (secondary N) is 7. The summed E-state index contributed by atoms with van der Waals surface area (Å²) in [6.45, 7) is 3.17. The summed E-state index contributed by atoms with van der Waals surface area (Å²) in [6.07, 6.45) is 6.27. The Balaban J connectivity index is 1.53. The molecule has 8 amide bonds. The van der Waals surface area contributed by atoms with E-state index in [0.717, 1.165) is 10.9 Å². The number of hydrogen-bond donors (Lipinski definition) is 8. The standard InChI is InChI=1S/C42H53N9O8S/c1-24(2)19-34-41(58)47-30(16-18-60-3)37(54)45-23-36(53)46-29(13-14-35(43)52)38(55)50-33(21-26-22-44-28-12-8-7-11-27(26)28)40(57)49-32(20-25-9-5-4-6-10-25)39(56)48-31-15-17-51(34)42(31)59/h4-12,15,17,22,24,29-34,44H,13-14,16,18-21,23H2,1-3H3,(H2,43,52)(H,45,54)(H,46,53)(H,47,58)(H,48,56)(H,49,57)(H,50,55)/t29-,30-,31+,32-,33-,34-/m0/s1. The predicted octanol–water partition coefficient (Wildman–Crippen LogP) is 0.296. The van der Waals surface area contributed by atoms with Gasteiger partial charge in [-0.3, -0.25) is 38.4 Å². The minimum absolute atomic E-state index is 0.00857. The zero-order chi connectivity index (χ0) is 43.3. The molecule has 1 saturated heterocycles. The first-order chi connectivity index (χ1) is 28.7. The van der Waals surface area contributed by atoms with Crippen molar-refractivity contribution < 1.29 is 38.4 Å². The van der Waals surface area contributed by atoms with Gasteiger partial charge in [-0.05, 0) is 60.5 Å². The zero-order valence-corrected chi connectivity index (χ0v) is 34.6. The number of para-hydroxylation sites is 1. The SMILES string of the molecule is CSCC[C@@H]1NC(=O)[C@H](CC(C)C)N2C=C[C@@H](NC(=O)[C@H](Cc3ccccc3)NC(=O)[C@H](Cc3c[nH]c4ccccc34)NC(=O)[C@H](CCC(N)=O)NC(=O)CNC1=O)C2=O. The van der Waals surface area contributed by atoms with Crippen LogP contribution in [-0.4, -0.2) is 112 Å². The summed E-state index contributed by atoms with van der Waals surface area (Å²) in [5.41, 5.74) is 7.56. The number of fused-ring (bicyclic) bond motifs is 3. The van der Waals surface area contributed by atoms with E-state index in [1.807, 2.05) is 44.4 Å². The Kier molecular flexibility index (Phi) is 15.9. The van der Waals surface area contributed by atoms with Crippen LogP contribution in [0.1, 0.15) is 50.7 Å². The molecule has 17 nitrogen and oxygen atoms in total. The van der Waals surface area contributed by atoms with Crippen LogP contribution in [0.25, 0.3) is 10.9 Å². The van der Waals surface area contributed by atoms with E-state index in [-0.39, 0.29) is 44.4 Å². The molecule has 3 heterocycles. The number of nitrogens with zero attached hydrogens (tertiary/aromatic N) is 1. The second kappa shape index (κ2) is 21.2. The molecule has 2 aliphatic heterocycles. The number of primary amides is 1. The van der Waals surface area contributed by atoms with Gasteiger partial charge in [0.1, 0.15) is 36.3 Å². The van der Waals surface area contributed by atoms with Crippen LogP contribution in [0, 0.1) is 5.92 Å². The molecule has 0 aliphatic carbocycles. The van der Waals surface area contributed by atoms with Crippen molar-refractivity contribution in [1.29, 1.82) is 0 Å². The molecule has 18 heteroatoms. The quantitative estimate of drug-likeness (QED) is 0.125. The Hall–Kier alpha value is -6.17. The second-order valence-corrected chi connectivity index (χ2v) is 16.3. The Bertz CT molecular complexity index is 2090. The van der Waals surface area contributed by atoms with E-state index in [9.17, 15) is 38.4 Å². The lowest BCUT2D eigenvalue weighted by molar-refractivity contribution is -0.140. The molecule has 0 spiro atoms. The third kappa shape index (κ3) is 12.2. The summed E-state index contributed by atoms with van der Waals surface area (Å²) < 4.78 is 0. The van der Waals surface area contributed by atoms with E-state index in [2.05, 4.69) is 36.9 Å². The topological polar surface area (TPSA) is 254 Å². The minimum atomic E-state index is -1.37. The van der Waals surface area contributed by atoms with Gasteiger partial charge in [0, 0.05) is 42.6 Å². The van der Waals surface area contributed by atoms with E-state index < -0.39 is 90.1 Å². The summed E-state index contributed by atoms with van der Waals surface area (Å²) in [5, 5.41) is 16.9. The molecule has 2 bridgehead atoms. The number of carbonyl (C=O) groups excluding carboxylic acids is 8. The van der Waals surface area contributed by atoms with Gasteiger partial charge in [0.25, 0.3) is 5.91 Å². The summed E-state index contributed by atoms with van der Waals surface area (Å²) in [5.74, 6) is -5.26. The molecule has 2 aliphatic rings. The fourth-order valence-electron chi connectivity index (χ4n) is 7.11. The lowest BCUT2D eigenvalue weighted by Gasteiger charge is -2.30. The van der Waals surface area contributed by atoms with Crippen molar-refractivity contribution in [3.05, 3.63) is 84.2 Å². The third-order valence-electron chi connectivity index (χ3n) is 10.2. The molecule has 0 saturated carbocycles. The highest BCUT2D eigenvalue weighted by Crippen LogP contribution is 2.21. The molecule has 0 radical (unpaired) electrons. The number of rotatable bonds is 12. The highest BCUT2D eigenvalue weighted by atomic mass is 32.2. The number of benzene rings is 2. The van der Waals surface area contributed by atoms with E-state index >= 15 is 0 Å². The summed E-state index contributed by atoms with van der Waals surface area (Å²) in [6, 6.07) is 9.00. The van der Waals surface area contributed by atoms with Gasteiger partial charge in [-0.2, -0.15) is 11.8 Å². The van der Waals surface area contributed by atoms with Gasteiger partial charge in [0.15, 0.2) is 0 Å². The second-order valence-electron chi connectivity index (χ2n) is 15.3. The van der Waals surface area contributed by atoms with Gasteiger partial charge in [-0.1, -0.05) is 62.4 Å². The average Bonchev–Trinajstić information content (AvgIpc) is 3.80. The fraction of sp³-hybridized carbons (Fsp3) is 0.429. The van der Waals surface area contributed by atoms with Crippen molar-refractivity contribution in [2.75, 3.05) is 18.6 Å². The number of nitrogens with two attached hydrogens (primary N) is 1. The Morgan fingerprint density at radius 1 is 0.767 bits per heavy atom. The first kappa shape index (κ1) is 44.9. The predicted molar refractivity (Wildman–Crippen MR) is 225 cm³/mol. The van der Waals surface area contributed by atoms with Crippen molar-refractivity contribution in [2.24, 2.45) is 11.7 Å². The first-order valence-electron chi connectivity index (χ1n) is 19.9. The highest BCUT2D eigenvalue weighted by Gasteiger charge is 2.39. The monoisotopic (exact) mass is 843 g/mol. The maximum Gasteiger partial charge on any atom is 0.253 e. The zero-order valence-electron chi connectivity index (χ0n) is 33.8. The lowest BCUT2D eigenvalue weighted by atomic mass is 10.0. The number of hydrogen-bond acceptors (Lipinski definition) is 9. The Morgan fingerprint density at radius 2 is 1.40 bits per heavy atom. The molecule has 1 fully saturated rings. The van der Waals surface area contributed by atoms with Crippen LogP contribution in [0.5, 0.6) is 0 Å². The van der Waals surface area contributed by atoms with Crippen molar-refractivity contribution in [2.45, 2.75) is 88.6 Å². The van der Waals surface area contributed by atoms with Gasteiger partial charge >= 0.3 is 0 Å². The highest BCUT2D eigenvalue weighted by molar-refractivity contribution is 7.98. The smallest absolute Gasteiger partial charge is 0.253 e. The first-order valence-corrected chi connectivity index (χ1v) is 21.3. The van der Waals surface area contributed by atoms with Crippen LogP contribution in [0.15, 0.2) is 73.1 Å². The number of carbonyl (C=O) groups is 8. The Labute approximate surface area is 352 Å². The van der Waals surface area contributed by atoms with E-state index in [1.54, 1.807) is 36.5 Å². The molecule has 5 rings (SSSR count). The van der Waals surface area contributed by atoms with Crippen LogP contribution in [0.3, 0.4) is 0 Å². The van der Waals surface area contributed by atoms with Crippen LogP contribution < -0.4 is 37.6 Å². The third-order valence-corrected chi connectivity index (χ3v) is 10.9.